The maximum Gasteiger partial charge on any atom is 0.242 e. The maximum atomic E-state index is 12.4. The molecule has 2 rings (SSSR count). The summed E-state index contributed by atoms with van der Waals surface area (Å²) in [4.78, 5) is 1.15. The number of hydrogen-bond donors (Lipinski definition) is 2. The summed E-state index contributed by atoms with van der Waals surface area (Å²) in [6.07, 6.45) is 1.57. The van der Waals surface area contributed by atoms with Gasteiger partial charge < -0.3 is 9.67 Å². The van der Waals surface area contributed by atoms with Gasteiger partial charge in [0.15, 0.2) is 0 Å². The standard InChI is InChI=1S/C14H20N2O3S2/c1-10(2)16-8-13(7-12(16)9-17)21(18,19)15-11(3)14-5-4-6-20-14/h4-8,10-11,15,17H,9H2,1-3H3. The molecule has 2 aromatic heterocycles. The van der Waals surface area contributed by atoms with Crippen molar-refractivity contribution in [2.75, 3.05) is 0 Å². The number of aromatic nitrogens is 1. The normalized spacial score (nSPS) is 13.8. The average molecular weight is 328 g/mol. The summed E-state index contributed by atoms with van der Waals surface area (Å²) in [5, 5.41) is 11.3. The molecule has 21 heavy (non-hydrogen) atoms. The molecule has 2 aromatic rings. The Morgan fingerprint density at radius 1 is 1.38 bits per heavy atom. The molecule has 1 atom stereocenters. The van der Waals surface area contributed by atoms with Crippen molar-refractivity contribution in [3.05, 3.63) is 40.3 Å². The summed E-state index contributed by atoms with van der Waals surface area (Å²) in [7, 11) is -3.61. The van der Waals surface area contributed by atoms with E-state index in [0.29, 0.717) is 5.69 Å². The second-order valence-corrected chi connectivity index (χ2v) is 7.88. The predicted octanol–water partition coefficient (Wildman–Crippen LogP) is 2.66. The minimum absolute atomic E-state index is 0.0887. The lowest BCUT2D eigenvalue weighted by molar-refractivity contribution is 0.268. The highest BCUT2D eigenvalue weighted by molar-refractivity contribution is 7.89. The van der Waals surface area contributed by atoms with Gasteiger partial charge in [-0.25, -0.2) is 13.1 Å². The Hall–Kier alpha value is -1.15. The average Bonchev–Trinajstić information content (AvgIpc) is 3.07. The number of aliphatic hydroxyl groups is 1. The summed E-state index contributed by atoms with van der Waals surface area (Å²) >= 11 is 1.51. The molecule has 2 heterocycles. The zero-order chi connectivity index (χ0) is 15.6. The Kier molecular flexibility index (Phi) is 4.88. The first kappa shape index (κ1) is 16.2. The molecule has 0 aliphatic rings. The van der Waals surface area contributed by atoms with Crippen LogP contribution in [0.25, 0.3) is 0 Å². The van der Waals surface area contributed by atoms with Gasteiger partial charge in [-0.1, -0.05) is 6.07 Å². The van der Waals surface area contributed by atoms with Crippen molar-refractivity contribution in [1.29, 1.82) is 0 Å². The zero-order valence-corrected chi connectivity index (χ0v) is 13.9. The topological polar surface area (TPSA) is 71.3 Å². The highest BCUT2D eigenvalue weighted by atomic mass is 32.2. The largest absolute Gasteiger partial charge is 0.390 e. The Bertz CT molecular complexity index is 688. The molecule has 5 nitrogen and oxygen atoms in total. The summed E-state index contributed by atoms with van der Waals surface area (Å²) < 4.78 is 29.3. The molecule has 7 heteroatoms. The van der Waals surface area contributed by atoms with Crippen LogP contribution >= 0.6 is 11.3 Å². The van der Waals surface area contributed by atoms with Gasteiger partial charge in [0.25, 0.3) is 0 Å². The van der Waals surface area contributed by atoms with Gasteiger partial charge in [0.1, 0.15) is 4.90 Å². The first-order valence-corrected chi connectivity index (χ1v) is 9.08. The van der Waals surface area contributed by atoms with Gasteiger partial charge >= 0.3 is 0 Å². The van der Waals surface area contributed by atoms with Gasteiger partial charge in [-0.2, -0.15) is 0 Å². The van der Waals surface area contributed by atoms with Crippen LogP contribution in [0.5, 0.6) is 0 Å². The summed E-state index contributed by atoms with van der Waals surface area (Å²) in [6.45, 7) is 5.51. The van der Waals surface area contributed by atoms with E-state index in [2.05, 4.69) is 4.72 Å². The third-order valence-corrected chi connectivity index (χ3v) is 5.80. The van der Waals surface area contributed by atoms with Crippen LogP contribution in [0.3, 0.4) is 0 Å². The second kappa shape index (κ2) is 6.31. The fraction of sp³-hybridized carbons (Fsp3) is 0.429. The van der Waals surface area contributed by atoms with Gasteiger partial charge in [0.05, 0.1) is 12.6 Å². The van der Waals surface area contributed by atoms with Gasteiger partial charge in [0.2, 0.25) is 10.0 Å². The van der Waals surface area contributed by atoms with Crippen molar-refractivity contribution in [1.82, 2.24) is 9.29 Å². The van der Waals surface area contributed by atoms with Crippen LogP contribution < -0.4 is 4.72 Å². The van der Waals surface area contributed by atoms with E-state index in [4.69, 9.17) is 0 Å². The molecule has 2 N–H and O–H groups in total. The van der Waals surface area contributed by atoms with Gasteiger partial charge in [-0.05, 0) is 38.3 Å². The fourth-order valence-corrected chi connectivity index (χ4v) is 4.23. The van der Waals surface area contributed by atoms with E-state index in [1.807, 2.05) is 38.3 Å². The summed E-state index contributed by atoms with van der Waals surface area (Å²) in [6, 6.07) is 5.12. The van der Waals surface area contributed by atoms with Crippen molar-refractivity contribution >= 4 is 21.4 Å². The van der Waals surface area contributed by atoms with Gasteiger partial charge in [-0.15, -0.1) is 11.3 Å². The third kappa shape index (κ3) is 3.55. The Morgan fingerprint density at radius 2 is 2.10 bits per heavy atom. The van der Waals surface area contributed by atoms with E-state index in [1.165, 1.54) is 17.4 Å². The molecule has 0 amide bonds. The Morgan fingerprint density at radius 3 is 2.57 bits per heavy atom. The lowest BCUT2D eigenvalue weighted by Gasteiger charge is -2.12. The molecule has 0 saturated carbocycles. The lowest BCUT2D eigenvalue weighted by Crippen LogP contribution is -2.26. The molecule has 0 aliphatic carbocycles. The molecule has 0 saturated heterocycles. The lowest BCUT2D eigenvalue weighted by atomic mass is 10.3. The number of nitrogens with zero attached hydrogens (tertiary/aromatic N) is 1. The number of aliphatic hydroxyl groups excluding tert-OH is 1. The van der Waals surface area contributed by atoms with E-state index in [-0.39, 0.29) is 23.6 Å². The monoisotopic (exact) mass is 328 g/mol. The number of rotatable bonds is 6. The van der Waals surface area contributed by atoms with E-state index in [9.17, 15) is 13.5 Å². The van der Waals surface area contributed by atoms with Crippen LogP contribution in [0.2, 0.25) is 0 Å². The minimum atomic E-state index is -3.61. The predicted molar refractivity (Wildman–Crippen MR) is 83.8 cm³/mol. The highest BCUT2D eigenvalue weighted by Gasteiger charge is 2.22. The number of nitrogens with one attached hydrogen (secondary N) is 1. The molecule has 0 fully saturated rings. The Balaban J connectivity index is 2.27. The third-order valence-electron chi connectivity index (χ3n) is 3.24. The van der Waals surface area contributed by atoms with Crippen molar-refractivity contribution in [3.63, 3.8) is 0 Å². The van der Waals surface area contributed by atoms with Crippen LogP contribution in [-0.4, -0.2) is 18.1 Å². The number of thiophene rings is 1. The second-order valence-electron chi connectivity index (χ2n) is 5.18. The molecular weight excluding hydrogens is 308 g/mol. The quantitative estimate of drug-likeness (QED) is 0.856. The SMILES string of the molecule is CC(NS(=O)(=O)c1cc(CO)n(C(C)C)c1)c1cccs1. The van der Waals surface area contributed by atoms with E-state index in [1.54, 1.807) is 10.8 Å². The highest BCUT2D eigenvalue weighted by Crippen LogP contribution is 2.23. The van der Waals surface area contributed by atoms with Crippen molar-refractivity contribution < 1.29 is 13.5 Å². The smallest absolute Gasteiger partial charge is 0.242 e. The molecule has 0 bridgehead atoms. The van der Waals surface area contributed by atoms with Crippen molar-refractivity contribution in [3.8, 4) is 0 Å². The Labute approximate surface area is 129 Å². The fourth-order valence-electron chi connectivity index (χ4n) is 2.15. The molecule has 0 aromatic carbocycles. The maximum absolute atomic E-state index is 12.4. The van der Waals surface area contributed by atoms with E-state index in [0.717, 1.165) is 4.88 Å². The molecule has 1 unspecified atom stereocenters. The summed E-state index contributed by atoms with van der Waals surface area (Å²) in [5.74, 6) is 0. The molecule has 0 aliphatic heterocycles. The van der Waals surface area contributed by atoms with Crippen LogP contribution in [-0.2, 0) is 16.6 Å². The summed E-state index contributed by atoms with van der Waals surface area (Å²) in [5.41, 5.74) is 0.592. The van der Waals surface area contributed by atoms with Crippen LogP contribution in [0, 0.1) is 0 Å². The molecular formula is C14H20N2O3S2. The van der Waals surface area contributed by atoms with Gasteiger partial charge in [0, 0.05) is 22.8 Å². The van der Waals surface area contributed by atoms with Crippen LogP contribution in [0.1, 0.15) is 43.4 Å². The molecule has 0 radical (unpaired) electrons. The zero-order valence-electron chi connectivity index (χ0n) is 12.3. The molecule has 0 spiro atoms. The number of sulfonamides is 1. The first-order valence-electron chi connectivity index (χ1n) is 6.72. The van der Waals surface area contributed by atoms with Crippen LogP contribution in [0.15, 0.2) is 34.7 Å². The van der Waals surface area contributed by atoms with Crippen LogP contribution in [0.4, 0.5) is 0 Å². The number of hydrogen-bond acceptors (Lipinski definition) is 4. The van der Waals surface area contributed by atoms with Gasteiger partial charge in [-0.3, -0.25) is 0 Å². The van der Waals surface area contributed by atoms with E-state index >= 15 is 0 Å². The minimum Gasteiger partial charge on any atom is -0.390 e. The van der Waals surface area contributed by atoms with Crippen molar-refractivity contribution in [2.45, 2.75) is 44.4 Å². The molecule has 116 valence electrons. The first-order chi connectivity index (χ1) is 9.85. The van der Waals surface area contributed by atoms with Crippen molar-refractivity contribution in [2.24, 2.45) is 0 Å². The van der Waals surface area contributed by atoms with E-state index < -0.39 is 10.0 Å².